The first-order valence-corrected chi connectivity index (χ1v) is 8.82. The van der Waals surface area contributed by atoms with Gasteiger partial charge in [0.2, 0.25) is 0 Å². The fourth-order valence-corrected chi connectivity index (χ4v) is 2.55. The van der Waals surface area contributed by atoms with Crippen molar-refractivity contribution < 1.29 is 9.84 Å². The van der Waals surface area contributed by atoms with Crippen LogP contribution in [0, 0.1) is 0 Å². The second kappa shape index (κ2) is 10.9. The summed E-state index contributed by atoms with van der Waals surface area (Å²) in [5, 5.41) is 13.4. The number of unbranched alkanes of at least 4 members (excludes halogenated alkanes) is 3. The Hall–Kier alpha value is -0.870. The van der Waals surface area contributed by atoms with Crippen LogP contribution in [-0.2, 0) is 6.54 Å². The molecule has 114 valence electrons. The molecule has 0 unspecified atom stereocenters. The molecule has 0 aromatic heterocycles. The molecule has 1 rings (SSSR count). The van der Waals surface area contributed by atoms with Crippen molar-refractivity contribution in [3.8, 4) is 11.5 Å². The number of hydrogen-bond donors (Lipinski definition) is 2. The molecule has 1 aromatic carbocycles. The predicted molar refractivity (Wildman–Crippen MR) is 87.8 cm³/mol. The number of thioether (sulfide) groups is 1. The van der Waals surface area contributed by atoms with Crippen molar-refractivity contribution >= 4 is 11.8 Å². The number of phenolic OH excluding ortho intramolecular Hbond substituents is 1. The van der Waals surface area contributed by atoms with Gasteiger partial charge in [-0.05, 0) is 44.4 Å². The Labute approximate surface area is 127 Å². The average Bonchev–Trinajstić information content (AvgIpc) is 2.45. The standard InChI is InChI=1S/C16H27NO2S/c1-3-19-15-10-8-9-14(16(15)18)13-17-11-6-4-5-7-12-20-2/h8-10,17-18H,3-7,11-13H2,1-2H3. The fourth-order valence-electron chi connectivity index (χ4n) is 2.06. The Morgan fingerprint density at radius 1 is 1.20 bits per heavy atom. The number of benzene rings is 1. The minimum absolute atomic E-state index is 0.266. The second-order valence-electron chi connectivity index (χ2n) is 4.78. The molecule has 0 aliphatic rings. The highest BCUT2D eigenvalue weighted by Crippen LogP contribution is 2.29. The number of nitrogens with one attached hydrogen (secondary N) is 1. The second-order valence-corrected chi connectivity index (χ2v) is 5.77. The highest BCUT2D eigenvalue weighted by atomic mass is 32.2. The zero-order valence-corrected chi connectivity index (χ0v) is 13.5. The van der Waals surface area contributed by atoms with E-state index in [1.807, 2.05) is 30.8 Å². The van der Waals surface area contributed by atoms with Crippen LogP contribution in [0.2, 0.25) is 0 Å². The van der Waals surface area contributed by atoms with Crippen LogP contribution in [0.3, 0.4) is 0 Å². The summed E-state index contributed by atoms with van der Waals surface area (Å²) in [5.74, 6) is 2.11. The summed E-state index contributed by atoms with van der Waals surface area (Å²) in [6, 6.07) is 5.65. The van der Waals surface area contributed by atoms with E-state index >= 15 is 0 Å². The summed E-state index contributed by atoms with van der Waals surface area (Å²) in [7, 11) is 0. The third-order valence-electron chi connectivity index (χ3n) is 3.15. The molecule has 20 heavy (non-hydrogen) atoms. The van der Waals surface area contributed by atoms with E-state index < -0.39 is 0 Å². The van der Waals surface area contributed by atoms with Gasteiger partial charge in [0.15, 0.2) is 11.5 Å². The molecule has 3 nitrogen and oxygen atoms in total. The zero-order valence-electron chi connectivity index (χ0n) is 12.7. The molecule has 0 aliphatic carbocycles. The van der Waals surface area contributed by atoms with Gasteiger partial charge in [0.25, 0.3) is 0 Å². The quantitative estimate of drug-likeness (QED) is 0.610. The van der Waals surface area contributed by atoms with Crippen LogP contribution < -0.4 is 10.1 Å². The third kappa shape index (κ3) is 6.53. The number of aromatic hydroxyl groups is 1. The highest BCUT2D eigenvalue weighted by Gasteiger charge is 2.06. The lowest BCUT2D eigenvalue weighted by Gasteiger charge is -2.11. The summed E-state index contributed by atoms with van der Waals surface area (Å²) in [4.78, 5) is 0. The first-order valence-electron chi connectivity index (χ1n) is 7.43. The topological polar surface area (TPSA) is 41.5 Å². The van der Waals surface area contributed by atoms with Gasteiger partial charge in [-0.2, -0.15) is 11.8 Å². The van der Waals surface area contributed by atoms with Crippen LogP contribution in [0.5, 0.6) is 11.5 Å². The lowest BCUT2D eigenvalue weighted by atomic mass is 10.1. The van der Waals surface area contributed by atoms with Crippen LogP contribution in [-0.4, -0.2) is 30.3 Å². The molecular formula is C16H27NO2S. The summed E-state index contributed by atoms with van der Waals surface area (Å²) < 4.78 is 5.38. The molecule has 0 spiro atoms. The molecule has 4 heteroatoms. The monoisotopic (exact) mass is 297 g/mol. The van der Waals surface area contributed by atoms with Gasteiger partial charge in [-0.3, -0.25) is 0 Å². The molecule has 0 aliphatic heterocycles. The van der Waals surface area contributed by atoms with Crippen LogP contribution in [0.15, 0.2) is 18.2 Å². The maximum absolute atomic E-state index is 10.1. The summed E-state index contributed by atoms with van der Waals surface area (Å²) in [6.45, 7) is 4.18. The Morgan fingerprint density at radius 2 is 2.00 bits per heavy atom. The van der Waals surface area contributed by atoms with E-state index in [0.29, 0.717) is 18.9 Å². The van der Waals surface area contributed by atoms with E-state index in [9.17, 15) is 5.11 Å². The molecule has 0 atom stereocenters. The Balaban J connectivity index is 2.20. The molecule has 1 aromatic rings. The van der Waals surface area contributed by atoms with Gasteiger partial charge >= 0.3 is 0 Å². The molecule has 0 heterocycles. The number of para-hydroxylation sites is 1. The van der Waals surface area contributed by atoms with E-state index in [-0.39, 0.29) is 5.75 Å². The lowest BCUT2D eigenvalue weighted by molar-refractivity contribution is 0.316. The molecule has 0 saturated heterocycles. The molecular weight excluding hydrogens is 270 g/mol. The predicted octanol–water partition coefficient (Wildman–Crippen LogP) is 3.80. The van der Waals surface area contributed by atoms with E-state index in [0.717, 1.165) is 12.1 Å². The number of phenols is 1. The average molecular weight is 297 g/mol. The van der Waals surface area contributed by atoms with Gasteiger partial charge in [0, 0.05) is 12.1 Å². The van der Waals surface area contributed by atoms with Gasteiger partial charge in [-0.1, -0.05) is 25.0 Å². The van der Waals surface area contributed by atoms with Gasteiger partial charge in [-0.25, -0.2) is 0 Å². The maximum Gasteiger partial charge on any atom is 0.162 e. The van der Waals surface area contributed by atoms with Gasteiger partial charge < -0.3 is 15.2 Å². The van der Waals surface area contributed by atoms with E-state index in [2.05, 4.69) is 11.6 Å². The Morgan fingerprint density at radius 3 is 2.75 bits per heavy atom. The lowest BCUT2D eigenvalue weighted by Crippen LogP contribution is -2.14. The van der Waals surface area contributed by atoms with Crippen molar-refractivity contribution in [1.29, 1.82) is 0 Å². The summed E-state index contributed by atoms with van der Waals surface area (Å²) in [5.41, 5.74) is 0.901. The van der Waals surface area contributed by atoms with Crippen molar-refractivity contribution in [1.82, 2.24) is 5.32 Å². The van der Waals surface area contributed by atoms with Crippen molar-refractivity contribution in [2.24, 2.45) is 0 Å². The SMILES string of the molecule is CCOc1cccc(CNCCCCCCSC)c1O. The minimum Gasteiger partial charge on any atom is -0.504 e. The van der Waals surface area contributed by atoms with Crippen molar-refractivity contribution in [2.45, 2.75) is 39.2 Å². The van der Waals surface area contributed by atoms with Crippen molar-refractivity contribution in [3.05, 3.63) is 23.8 Å². The van der Waals surface area contributed by atoms with Gasteiger partial charge in [0.05, 0.1) is 6.61 Å². The van der Waals surface area contributed by atoms with E-state index in [1.54, 1.807) is 6.07 Å². The summed E-state index contributed by atoms with van der Waals surface area (Å²) in [6.07, 6.45) is 7.26. The molecule has 0 radical (unpaired) electrons. The van der Waals surface area contributed by atoms with Crippen LogP contribution in [0.25, 0.3) is 0 Å². The molecule has 0 amide bonds. The first-order chi connectivity index (χ1) is 9.79. The van der Waals surface area contributed by atoms with Gasteiger partial charge in [0.1, 0.15) is 0 Å². The Kier molecular flexibility index (Phi) is 9.33. The van der Waals surface area contributed by atoms with Crippen LogP contribution >= 0.6 is 11.8 Å². The van der Waals surface area contributed by atoms with E-state index in [1.165, 1.54) is 31.4 Å². The normalized spacial score (nSPS) is 10.7. The third-order valence-corrected chi connectivity index (χ3v) is 3.85. The number of ether oxygens (including phenoxy) is 1. The first kappa shape index (κ1) is 17.2. The molecule has 0 fully saturated rings. The highest BCUT2D eigenvalue weighted by molar-refractivity contribution is 7.98. The van der Waals surface area contributed by atoms with Gasteiger partial charge in [-0.15, -0.1) is 0 Å². The van der Waals surface area contributed by atoms with Crippen LogP contribution in [0.1, 0.15) is 38.2 Å². The van der Waals surface area contributed by atoms with Crippen molar-refractivity contribution in [2.75, 3.05) is 25.2 Å². The molecule has 0 saturated carbocycles. The fraction of sp³-hybridized carbons (Fsp3) is 0.625. The Bertz CT molecular complexity index is 371. The largest absolute Gasteiger partial charge is 0.504 e. The zero-order chi connectivity index (χ0) is 14.6. The minimum atomic E-state index is 0.266. The maximum atomic E-state index is 10.1. The van der Waals surface area contributed by atoms with E-state index in [4.69, 9.17) is 4.74 Å². The molecule has 0 bridgehead atoms. The number of rotatable bonds is 11. The van der Waals surface area contributed by atoms with Crippen molar-refractivity contribution in [3.63, 3.8) is 0 Å². The summed E-state index contributed by atoms with van der Waals surface area (Å²) >= 11 is 1.92. The number of hydrogen-bond acceptors (Lipinski definition) is 4. The smallest absolute Gasteiger partial charge is 0.162 e. The molecule has 2 N–H and O–H groups in total. The van der Waals surface area contributed by atoms with Crippen LogP contribution in [0.4, 0.5) is 0 Å².